The van der Waals surface area contributed by atoms with Gasteiger partial charge in [0.25, 0.3) is 0 Å². The standard InChI is InChI=1S/C32H23IOS/c33-26-18-15-24(16-19-26)32(34,31(22-9-3-1-4-10-22)23-11-5-2-6-12-23)25-17-20-30-28(21-25)27-13-7-8-14-29(27)35-30/h1-21,31,34H. The largest absolute Gasteiger partial charge is 0.379 e. The van der Waals surface area contributed by atoms with Crippen molar-refractivity contribution in [2.45, 2.75) is 11.5 Å². The van der Waals surface area contributed by atoms with Crippen molar-refractivity contribution in [3.05, 3.63) is 153 Å². The second kappa shape index (κ2) is 9.23. The molecule has 0 fully saturated rings. The zero-order valence-electron chi connectivity index (χ0n) is 18.9. The molecule has 170 valence electrons. The van der Waals surface area contributed by atoms with Crippen molar-refractivity contribution < 1.29 is 5.11 Å². The highest BCUT2D eigenvalue weighted by Gasteiger charge is 2.42. The lowest BCUT2D eigenvalue weighted by Gasteiger charge is -2.38. The molecule has 35 heavy (non-hydrogen) atoms. The van der Waals surface area contributed by atoms with E-state index in [1.165, 1.54) is 20.2 Å². The number of hydrogen-bond donors (Lipinski definition) is 1. The van der Waals surface area contributed by atoms with Crippen molar-refractivity contribution in [2.24, 2.45) is 0 Å². The SMILES string of the molecule is OC(c1ccc(I)cc1)(c1ccc2sc3ccccc3c2c1)C(c1ccccc1)c1ccccc1. The van der Waals surface area contributed by atoms with Gasteiger partial charge in [-0.15, -0.1) is 11.3 Å². The Kier molecular flexibility index (Phi) is 5.93. The minimum absolute atomic E-state index is 0.285. The number of aliphatic hydroxyl groups is 1. The predicted octanol–water partition coefficient (Wildman–Crippen LogP) is 8.73. The first-order valence-electron chi connectivity index (χ1n) is 11.6. The fourth-order valence-corrected chi connectivity index (χ4v) is 6.58. The van der Waals surface area contributed by atoms with Gasteiger partial charge in [-0.25, -0.2) is 0 Å². The number of rotatable bonds is 5. The van der Waals surface area contributed by atoms with Crippen LogP contribution in [0.25, 0.3) is 20.2 Å². The summed E-state index contributed by atoms with van der Waals surface area (Å²) in [5.41, 5.74) is 2.66. The van der Waals surface area contributed by atoms with Crippen LogP contribution in [-0.4, -0.2) is 5.11 Å². The van der Waals surface area contributed by atoms with E-state index in [4.69, 9.17) is 0 Å². The summed E-state index contributed by atoms with van der Waals surface area (Å²) >= 11 is 4.12. The molecule has 0 saturated heterocycles. The van der Waals surface area contributed by atoms with Gasteiger partial charge in [-0.05, 0) is 75.2 Å². The second-order valence-electron chi connectivity index (χ2n) is 8.84. The lowest BCUT2D eigenvalue weighted by Crippen LogP contribution is -2.35. The maximum absolute atomic E-state index is 13.0. The molecule has 0 spiro atoms. The van der Waals surface area contributed by atoms with Gasteiger partial charge in [-0.1, -0.05) is 97.1 Å². The van der Waals surface area contributed by atoms with E-state index in [9.17, 15) is 5.11 Å². The van der Waals surface area contributed by atoms with E-state index in [1.54, 1.807) is 11.3 Å². The van der Waals surface area contributed by atoms with E-state index in [0.29, 0.717) is 0 Å². The quantitative estimate of drug-likeness (QED) is 0.202. The van der Waals surface area contributed by atoms with E-state index >= 15 is 0 Å². The second-order valence-corrected chi connectivity index (χ2v) is 11.2. The molecule has 1 N–H and O–H groups in total. The van der Waals surface area contributed by atoms with Gasteiger partial charge in [0.15, 0.2) is 0 Å². The molecular weight excluding hydrogens is 559 g/mol. The number of hydrogen-bond acceptors (Lipinski definition) is 2. The van der Waals surface area contributed by atoms with Crippen molar-refractivity contribution in [3.63, 3.8) is 0 Å². The van der Waals surface area contributed by atoms with Crippen molar-refractivity contribution in [1.29, 1.82) is 0 Å². The molecule has 0 bridgehead atoms. The van der Waals surface area contributed by atoms with Gasteiger partial charge in [0.05, 0.1) is 0 Å². The summed E-state index contributed by atoms with van der Waals surface area (Å²) in [6, 6.07) is 44.0. The van der Waals surface area contributed by atoms with E-state index in [1.807, 2.05) is 12.1 Å². The molecule has 0 saturated carbocycles. The van der Waals surface area contributed by atoms with Crippen LogP contribution in [0.4, 0.5) is 0 Å². The Morgan fingerprint density at radius 1 is 0.571 bits per heavy atom. The fourth-order valence-electron chi connectivity index (χ4n) is 5.13. The highest BCUT2D eigenvalue weighted by atomic mass is 127. The van der Waals surface area contributed by atoms with E-state index < -0.39 is 5.60 Å². The van der Waals surface area contributed by atoms with Crippen molar-refractivity contribution in [3.8, 4) is 0 Å². The van der Waals surface area contributed by atoms with E-state index in [2.05, 4.69) is 138 Å². The number of benzene rings is 5. The minimum Gasteiger partial charge on any atom is -0.379 e. The van der Waals surface area contributed by atoms with Gasteiger partial charge in [0.2, 0.25) is 0 Å². The third-order valence-corrected chi connectivity index (χ3v) is 8.66. The first-order chi connectivity index (χ1) is 17.1. The Morgan fingerprint density at radius 3 is 1.77 bits per heavy atom. The lowest BCUT2D eigenvalue weighted by atomic mass is 9.70. The van der Waals surface area contributed by atoms with Crippen LogP contribution in [0.2, 0.25) is 0 Å². The molecule has 6 rings (SSSR count). The lowest BCUT2D eigenvalue weighted by molar-refractivity contribution is 0.0626. The Balaban J connectivity index is 1.67. The molecule has 1 unspecified atom stereocenters. The first kappa shape index (κ1) is 22.5. The minimum atomic E-state index is -1.27. The molecular formula is C32H23IOS. The number of fused-ring (bicyclic) bond motifs is 3. The van der Waals surface area contributed by atoms with Crippen molar-refractivity contribution in [1.82, 2.24) is 0 Å². The van der Waals surface area contributed by atoms with Crippen LogP contribution in [0.5, 0.6) is 0 Å². The normalized spacial score (nSPS) is 13.3. The Labute approximate surface area is 222 Å². The maximum Gasteiger partial charge on any atom is 0.125 e. The molecule has 0 radical (unpaired) electrons. The molecule has 0 aliphatic rings. The smallest absolute Gasteiger partial charge is 0.125 e. The predicted molar refractivity (Wildman–Crippen MR) is 156 cm³/mol. The van der Waals surface area contributed by atoms with Gasteiger partial charge in [-0.2, -0.15) is 0 Å². The number of halogens is 1. The third-order valence-electron chi connectivity index (χ3n) is 6.78. The van der Waals surface area contributed by atoms with Crippen LogP contribution in [0.3, 0.4) is 0 Å². The molecule has 5 aromatic carbocycles. The molecule has 3 heteroatoms. The van der Waals surface area contributed by atoms with Gasteiger partial charge in [0, 0.05) is 29.7 Å². The van der Waals surface area contributed by atoms with Crippen LogP contribution < -0.4 is 0 Å². The summed E-state index contributed by atoms with van der Waals surface area (Å²) in [6.07, 6.45) is 0. The summed E-state index contributed by atoms with van der Waals surface area (Å²) in [5, 5.41) is 15.4. The molecule has 1 nitrogen and oxygen atoms in total. The molecule has 0 aliphatic carbocycles. The fraction of sp³-hybridized carbons (Fsp3) is 0.0625. The monoisotopic (exact) mass is 582 g/mol. The molecule has 1 aromatic heterocycles. The topological polar surface area (TPSA) is 20.2 Å². The Bertz CT molecular complexity index is 1570. The Morgan fingerprint density at radius 2 is 1.11 bits per heavy atom. The van der Waals surface area contributed by atoms with Gasteiger partial charge in [0.1, 0.15) is 5.60 Å². The van der Waals surface area contributed by atoms with E-state index in [-0.39, 0.29) is 5.92 Å². The average molecular weight is 583 g/mol. The van der Waals surface area contributed by atoms with Crippen LogP contribution in [-0.2, 0) is 5.60 Å². The Hall–Kier alpha value is -2.99. The average Bonchev–Trinajstić information content (AvgIpc) is 3.28. The molecule has 0 aliphatic heterocycles. The summed E-state index contributed by atoms with van der Waals surface area (Å²) < 4.78 is 3.64. The summed E-state index contributed by atoms with van der Waals surface area (Å²) in [6.45, 7) is 0. The van der Waals surface area contributed by atoms with Crippen LogP contribution in [0.15, 0.2) is 127 Å². The van der Waals surface area contributed by atoms with E-state index in [0.717, 1.165) is 25.8 Å². The van der Waals surface area contributed by atoms with Crippen molar-refractivity contribution in [2.75, 3.05) is 0 Å². The molecule has 6 aromatic rings. The molecule has 1 atom stereocenters. The highest BCUT2D eigenvalue weighted by molar-refractivity contribution is 14.1. The first-order valence-corrected chi connectivity index (χ1v) is 13.5. The summed E-state index contributed by atoms with van der Waals surface area (Å²) in [7, 11) is 0. The highest BCUT2D eigenvalue weighted by Crippen LogP contribution is 2.48. The third kappa shape index (κ3) is 3.98. The summed E-state index contributed by atoms with van der Waals surface area (Å²) in [5.74, 6) is -0.285. The molecule has 1 heterocycles. The maximum atomic E-state index is 13.0. The van der Waals surface area contributed by atoms with Gasteiger partial charge < -0.3 is 5.11 Å². The van der Waals surface area contributed by atoms with Crippen LogP contribution in [0.1, 0.15) is 28.2 Å². The molecule has 0 amide bonds. The van der Waals surface area contributed by atoms with Crippen LogP contribution >= 0.6 is 33.9 Å². The summed E-state index contributed by atoms with van der Waals surface area (Å²) in [4.78, 5) is 0. The van der Waals surface area contributed by atoms with Gasteiger partial charge in [-0.3, -0.25) is 0 Å². The zero-order chi connectivity index (χ0) is 23.8. The van der Waals surface area contributed by atoms with Crippen LogP contribution in [0, 0.1) is 3.57 Å². The zero-order valence-corrected chi connectivity index (χ0v) is 21.9. The van der Waals surface area contributed by atoms with Gasteiger partial charge >= 0.3 is 0 Å². The number of thiophene rings is 1. The van der Waals surface area contributed by atoms with Crippen molar-refractivity contribution >= 4 is 54.1 Å².